The van der Waals surface area contributed by atoms with Crippen molar-refractivity contribution in [2.24, 2.45) is 0 Å². The number of halogens is 2. The Balaban J connectivity index is 2.22. The molecular formula is C11H12Cl2N2O3S. The van der Waals surface area contributed by atoms with E-state index in [2.05, 4.69) is 4.98 Å². The second kappa shape index (κ2) is 5.26. The highest BCUT2D eigenvalue weighted by atomic mass is 35.5. The summed E-state index contributed by atoms with van der Waals surface area (Å²) >= 11 is 11.6. The van der Waals surface area contributed by atoms with Crippen LogP contribution in [0.25, 0.3) is 0 Å². The Labute approximate surface area is 121 Å². The summed E-state index contributed by atoms with van der Waals surface area (Å²) in [5.41, 5.74) is 0.0426. The Hall–Kier alpha value is -0.850. The smallest absolute Gasteiger partial charge is 0.274 e. The third kappa shape index (κ3) is 3.19. The van der Waals surface area contributed by atoms with Gasteiger partial charge in [0.1, 0.15) is 10.8 Å². The summed E-state index contributed by atoms with van der Waals surface area (Å²) < 4.78 is 22.8. The number of pyridine rings is 1. The molecule has 0 spiro atoms. The van der Waals surface area contributed by atoms with Gasteiger partial charge >= 0.3 is 0 Å². The van der Waals surface area contributed by atoms with Crippen LogP contribution in [0.1, 0.15) is 16.9 Å². The molecule has 19 heavy (non-hydrogen) atoms. The van der Waals surface area contributed by atoms with E-state index in [4.69, 9.17) is 23.2 Å². The molecule has 1 saturated heterocycles. The maximum Gasteiger partial charge on any atom is 0.274 e. The van der Waals surface area contributed by atoms with Crippen LogP contribution in [0.2, 0.25) is 10.2 Å². The molecule has 0 N–H and O–H groups in total. The van der Waals surface area contributed by atoms with Gasteiger partial charge in [-0.15, -0.1) is 0 Å². The summed E-state index contributed by atoms with van der Waals surface area (Å²) in [6.45, 7) is 0. The lowest BCUT2D eigenvalue weighted by molar-refractivity contribution is 0.0742. The van der Waals surface area contributed by atoms with E-state index in [1.165, 1.54) is 17.0 Å². The minimum atomic E-state index is -3.05. The summed E-state index contributed by atoms with van der Waals surface area (Å²) in [4.78, 5) is 17.5. The van der Waals surface area contributed by atoms with Crippen LogP contribution in [0.15, 0.2) is 12.1 Å². The quantitative estimate of drug-likeness (QED) is 0.776. The fraction of sp³-hybridized carbons (Fsp3) is 0.455. The molecule has 1 amide bonds. The molecule has 0 bridgehead atoms. The van der Waals surface area contributed by atoms with Crippen molar-refractivity contribution in [3.05, 3.63) is 28.0 Å². The fourth-order valence-electron chi connectivity index (χ4n) is 1.98. The van der Waals surface area contributed by atoms with Crippen LogP contribution in [0.5, 0.6) is 0 Å². The van der Waals surface area contributed by atoms with Crippen molar-refractivity contribution in [1.82, 2.24) is 9.88 Å². The minimum absolute atomic E-state index is 0.0204. The molecule has 1 aliphatic heterocycles. The van der Waals surface area contributed by atoms with E-state index in [9.17, 15) is 13.2 Å². The number of rotatable bonds is 2. The molecule has 1 atom stereocenters. The van der Waals surface area contributed by atoms with Crippen LogP contribution in [0, 0.1) is 0 Å². The third-order valence-electron chi connectivity index (χ3n) is 3.09. The van der Waals surface area contributed by atoms with Gasteiger partial charge in [0.2, 0.25) is 0 Å². The molecule has 5 nitrogen and oxygen atoms in total. The lowest BCUT2D eigenvalue weighted by atomic mass is 10.2. The van der Waals surface area contributed by atoms with E-state index < -0.39 is 15.7 Å². The molecule has 1 aliphatic rings. The van der Waals surface area contributed by atoms with Crippen molar-refractivity contribution < 1.29 is 13.2 Å². The highest BCUT2D eigenvalue weighted by Gasteiger charge is 2.33. The first-order chi connectivity index (χ1) is 8.80. The number of nitrogens with zero attached hydrogens (tertiary/aromatic N) is 2. The van der Waals surface area contributed by atoms with Crippen molar-refractivity contribution in [2.45, 2.75) is 12.5 Å². The molecule has 1 aromatic heterocycles. The normalized spacial score (nSPS) is 21.3. The Bertz CT molecular complexity index is 618. The first-order valence-electron chi connectivity index (χ1n) is 5.60. The lowest BCUT2D eigenvalue weighted by Crippen LogP contribution is -2.38. The second-order valence-electron chi connectivity index (χ2n) is 4.44. The molecule has 1 unspecified atom stereocenters. The van der Waals surface area contributed by atoms with E-state index in [0.717, 1.165) is 0 Å². The van der Waals surface area contributed by atoms with Crippen LogP contribution < -0.4 is 0 Å². The summed E-state index contributed by atoms with van der Waals surface area (Å²) in [7, 11) is -1.50. The number of hydrogen-bond donors (Lipinski definition) is 0. The van der Waals surface area contributed by atoms with Crippen LogP contribution in [-0.4, -0.2) is 48.8 Å². The molecule has 1 fully saturated rings. The summed E-state index contributed by atoms with van der Waals surface area (Å²) in [5.74, 6) is -0.339. The number of carbonyl (C=O) groups excluding carboxylic acids is 1. The lowest BCUT2D eigenvalue weighted by Gasteiger charge is -2.23. The van der Waals surface area contributed by atoms with E-state index >= 15 is 0 Å². The number of aromatic nitrogens is 1. The maximum atomic E-state index is 12.2. The predicted molar refractivity (Wildman–Crippen MR) is 73.4 cm³/mol. The SMILES string of the molecule is CN(C(=O)c1nc(Cl)ccc1Cl)C1CCS(=O)(=O)C1. The minimum Gasteiger partial charge on any atom is -0.336 e. The fourth-order valence-corrected chi connectivity index (χ4v) is 4.09. The molecule has 0 radical (unpaired) electrons. The molecule has 2 rings (SSSR count). The molecule has 0 saturated carbocycles. The zero-order valence-corrected chi connectivity index (χ0v) is 12.5. The van der Waals surface area contributed by atoms with E-state index in [1.807, 2.05) is 0 Å². The van der Waals surface area contributed by atoms with Gasteiger partial charge in [0.05, 0.1) is 16.5 Å². The predicted octanol–water partition coefficient (Wildman–Crippen LogP) is 1.65. The first kappa shape index (κ1) is 14.6. The summed E-state index contributed by atoms with van der Waals surface area (Å²) in [6, 6.07) is 2.64. The number of carbonyl (C=O) groups is 1. The molecule has 104 valence electrons. The van der Waals surface area contributed by atoms with Gasteiger partial charge in [-0.05, 0) is 18.6 Å². The van der Waals surface area contributed by atoms with Gasteiger partial charge in [0, 0.05) is 13.1 Å². The van der Waals surface area contributed by atoms with Crippen LogP contribution in [0.4, 0.5) is 0 Å². The van der Waals surface area contributed by atoms with Crippen molar-refractivity contribution in [2.75, 3.05) is 18.6 Å². The zero-order valence-electron chi connectivity index (χ0n) is 10.1. The van der Waals surface area contributed by atoms with Crippen LogP contribution in [0.3, 0.4) is 0 Å². The molecule has 0 aromatic carbocycles. The Kier molecular flexibility index (Phi) is 4.03. The molecule has 1 aromatic rings. The Morgan fingerprint density at radius 2 is 2.11 bits per heavy atom. The second-order valence-corrected chi connectivity index (χ2v) is 7.46. The van der Waals surface area contributed by atoms with Crippen molar-refractivity contribution in [3.8, 4) is 0 Å². The largest absolute Gasteiger partial charge is 0.336 e. The van der Waals surface area contributed by atoms with Crippen molar-refractivity contribution in [3.63, 3.8) is 0 Å². The molecule has 0 aliphatic carbocycles. The summed E-state index contributed by atoms with van der Waals surface area (Å²) in [5, 5.41) is 0.363. The Morgan fingerprint density at radius 3 is 2.68 bits per heavy atom. The number of amides is 1. The van der Waals surface area contributed by atoms with E-state index in [1.54, 1.807) is 7.05 Å². The van der Waals surface area contributed by atoms with Gasteiger partial charge in [-0.25, -0.2) is 13.4 Å². The molecule has 2 heterocycles. The highest BCUT2D eigenvalue weighted by molar-refractivity contribution is 7.91. The van der Waals surface area contributed by atoms with Gasteiger partial charge in [-0.2, -0.15) is 0 Å². The molecular weight excluding hydrogens is 311 g/mol. The Morgan fingerprint density at radius 1 is 1.42 bits per heavy atom. The highest BCUT2D eigenvalue weighted by Crippen LogP contribution is 2.22. The molecule has 8 heteroatoms. The van der Waals surface area contributed by atoms with Crippen molar-refractivity contribution in [1.29, 1.82) is 0 Å². The summed E-state index contributed by atoms with van der Waals surface area (Å²) in [6.07, 6.45) is 0.433. The van der Waals surface area contributed by atoms with E-state index in [-0.39, 0.29) is 33.4 Å². The van der Waals surface area contributed by atoms with Gasteiger partial charge in [0.25, 0.3) is 5.91 Å². The average molecular weight is 323 g/mol. The number of sulfone groups is 1. The van der Waals surface area contributed by atoms with E-state index in [0.29, 0.717) is 6.42 Å². The zero-order chi connectivity index (χ0) is 14.2. The monoisotopic (exact) mass is 322 g/mol. The average Bonchev–Trinajstić information content (AvgIpc) is 2.71. The maximum absolute atomic E-state index is 12.2. The van der Waals surface area contributed by atoms with Crippen LogP contribution >= 0.6 is 23.2 Å². The van der Waals surface area contributed by atoms with Gasteiger partial charge in [0.15, 0.2) is 9.84 Å². The van der Waals surface area contributed by atoms with Gasteiger partial charge < -0.3 is 4.90 Å². The third-order valence-corrected chi connectivity index (χ3v) is 5.36. The standard InChI is InChI=1S/C11H12Cl2N2O3S/c1-15(7-4-5-19(17,18)6-7)11(16)10-8(12)2-3-9(13)14-10/h2-3,7H,4-6H2,1H3. The number of hydrogen-bond acceptors (Lipinski definition) is 4. The van der Waals surface area contributed by atoms with Crippen molar-refractivity contribution >= 4 is 38.9 Å². The topological polar surface area (TPSA) is 67.3 Å². The first-order valence-corrected chi connectivity index (χ1v) is 8.17. The van der Waals surface area contributed by atoms with Gasteiger partial charge in [-0.1, -0.05) is 23.2 Å². The van der Waals surface area contributed by atoms with Crippen LogP contribution in [-0.2, 0) is 9.84 Å². The van der Waals surface area contributed by atoms with Gasteiger partial charge in [-0.3, -0.25) is 4.79 Å².